The number of thioether (sulfide) groups is 1. The van der Waals surface area contributed by atoms with Crippen LogP contribution in [0.3, 0.4) is 0 Å². The van der Waals surface area contributed by atoms with Crippen molar-refractivity contribution in [1.29, 1.82) is 0 Å². The highest BCUT2D eigenvalue weighted by molar-refractivity contribution is 9.10. The van der Waals surface area contributed by atoms with Crippen LogP contribution < -0.4 is 0 Å². The van der Waals surface area contributed by atoms with Crippen molar-refractivity contribution in [1.82, 2.24) is 0 Å². The maximum atomic E-state index is 13.1. The van der Waals surface area contributed by atoms with Crippen molar-refractivity contribution in [3.05, 3.63) is 109 Å². The summed E-state index contributed by atoms with van der Waals surface area (Å²) in [5, 5.41) is 1.31. The average Bonchev–Trinajstić information content (AvgIpc) is 2.68. The van der Waals surface area contributed by atoms with Gasteiger partial charge >= 0.3 is 0 Å². The summed E-state index contributed by atoms with van der Waals surface area (Å²) in [7, 11) is 0. The number of Topliss-reactive ketones (excluding diaryl/α,β-unsaturated/α-hetero) is 1. The molecule has 5 heteroatoms. The lowest BCUT2D eigenvalue weighted by molar-refractivity contribution is 0.104. The van der Waals surface area contributed by atoms with E-state index in [1.165, 1.54) is 11.8 Å². The second-order valence-electron chi connectivity index (χ2n) is 5.78. The second-order valence-corrected chi connectivity index (χ2v) is 8.55. The molecule has 3 aromatic carbocycles. The molecule has 0 spiro atoms. The molecule has 0 aliphatic carbocycles. The van der Waals surface area contributed by atoms with Gasteiger partial charge in [0.1, 0.15) is 0 Å². The van der Waals surface area contributed by atoms with Crippen LogP contribution in [0, 0.1) is 0 Å². The Morgan fingerprint density at radius 2 is 1.59 bits per heavy atom. The van der Waals surface area contributed by atoms with Gasteiger partial charge in [0.2, 0.25) is 0 Å². The Labute approximate surface area is 181 Å². The van der Waals surface area contributed by atoms with E-state index in [0.717, 1.165) is 15.6 Å². The topological polar surface area (TPSA) is 17.1 Å². The lowest BCUT2D eigenvalue weighted by Crippen LogP contribution is -2.01. The summed E-state index contributed by atoms with van der Waals surface area (Å²) >= 11 is 17.1. The quantitative estimate of drug-likeness (QED) is 0.265. The van der Waals surface area contributed by atoms with E-state index in [9.17, 15) is 4.79 Å². The van der Waals surface area contributed by atoms with Crippen molar-refractivity contribution in [2.24, 2.45) is 0 Å². The van der Waals surface area contributed by atoms with Crippen LogP contribution in [0.5, 0.6) is 0 Å². The van der Waals surface area contributed by atoms with Crippen LogP contribution in [0.4, 0.5) is 0 Å². The largest absolute Gasteiger partial charge is 0.288 e. The first kappa shape index (κ1) is 20.2. The molecule has 0 atom stereocenters. The van der Waals surface area contributed by atoms with Gasteiger partial charge in [-0.15, -0.1) is 11.8 Å². The predicted octanol–water partition coefficient (Wildman–Crippen LogP) is 7.91. The summed E-state index contributed by atoms with van der Waals surface area (Å²) in [6, 6.07) is 22.5. The predicted molar refractivity (Wildman–Crippen MR) is 121 cm³/mol. The maximum absolute atomic E-state index is 13.1. The molecule has 0 radical (unpaired) electrons. The molecule has 0 aromatic heterocycles. The summed E-state index contributed by atoms with van der Waals surface area (Å²) in [6.07, 6.45) is 1.91. The molecule has 0 N–H and O–H groups in total. The average molecular weight is 478 g/mol. The van der Waals surface area contributed by atoms with Gasteiger partial charge in [-0.05, 0) is 59.7 Å². The second kappa shape index (κ2) is 9.61. The molecule has 0 saturated carbocycles. The van der Waals surface area contributed by atoms with E-state index in [1.54, 1.807) is 24.3 Å². The fraction of sp³-hybridized carbons (Fsp3) is 0.0455. The molecule has 0 aliphatic heterocycles. The Balaban J connectivity index is 1.90. The number of ketones is 1. The van der Waals surface area contributed by atoms with Gasteiger partial charge in [-0.2, -0.15) is 0 Å². The first-order chi connectivity index (χ1) is 13.0. The highest BCUT2D eigenvalue weighted by Crippen LogP contribution is 2.30. The normalized spacial score (nSPS) is 11.4. The van der Waals surface area contributed by atoms with Crippen molar-refractivity contribution in [3.8, 4) is 0 Å². The third kappa shape index (κ3) is 5.73. The van der Waals surface area contributed by atoms with Crippen molar-refractivity contribution < 1.29 is 4.79 Å². The van der Waals surface area contributed by atoms with E-state index in [-0.39, 0.29) is 5.78 Å². The standard InChI is InChI=1S/C22H15BrCl2OS/c23-18-9-5-15(6-10-18)13-21(22(26)16-7-11-19(24)12-8-16)27-14-17-3-1-2-4-20(17)25/h1-13H,14H2/b21-13-. The molecule has 3 rings (SSSR count). The van der Waals surface area contributed by atoms with Crippen LogP contribution in [0.25, 0.3) is 6.08 Å². The van der Waals surface area contributed by atoms with Crippen LogP contribution in [-0.4, -0.2) is 5.78 Å². The smallest absolute Gasteiger partial charge is 0.199 e. The van der Waals surface area contributed by atoms with Gasteiger partial charge in [0.05, 0.1) is 4.91 Å². The van der Waals surface area contributed by atoms with Crippen molar-refractivity contribution in [3.63, 3.8) is 0 Å². The van der Waals surface area contributed by atoms with Crippen LogP contribution in [0.15, 0.2) is 82.2 Å². The number of hydrogen-bond donors (Lipinski definition) is 0. The summed E-state index contributed by atoms with van der Waals surface area (Å²) in [5.74, 6) is 0.577. The van der Waals surface area contributed by atoms with Crippen LogP contribution in [-0.2, 0) is 5.75 Å². The van der Waals surface area contributed by atoms with Gasteiger partial charge in [0.15, 0.2) is 5.78 Å². The summed E-state index contributed by atoms with van der Waals surface area (Å²) in [5.41, 5.74) is 2.56. The van der Waals surface area contributed by atoms with Crippen LogP contribution in [0.1, 0.15) is 21.5 Å². The van der Waals surface area contributed by atoms with E-state index < -0.39 is 0 Å². The lowest BCUT2D eigenvalue weighted by Gasteiger charge is -2.09. The number of carbonyl (C=O) groups excluding carboxylic acids is 1. The minimum atomic E-state index is -0.0355. The van der Waals surface area contributed by atoms with E-state index >= 15 is 0 Å². The number of allylic oxidation sites excluding steroid dienone is 1. The minimum absolute atomic E-state index is 0.0355. The van der Waals surface area contributed by atoms with E-state index in [2.05, 4.69) is 15.9 Å². The van der Waals surface area contributed by atoms with Gasteiger partial charge in [0.25, 0.3) is 0 Å². The zero-order valence-corrected chi connectivity index (χ0v) is 18.1. The Kier molecular flexibility index (Phi) is 7.20. The fourth-order valence-corrected chi connectivity index (χ4v) is 4.10. The monoisotopic (exact) mass is 476 g/mol. The van der Waals surface area contributed by atoms with Gasteiger partial charge in [-0.3, -0.25) is 4.79 Å². The molecule has 0 saturated heterocycles. The number of halogens is 3. The van der Waals surface area contributed by atoms with Gasteiger partial charge < -0.3 is 0 Å². The lowest BCUT2D eigenvalue weighted by atomic mass is 10.1. The summed E-state index contributed by atoms with van der Waals surface area (Å²) < 4.78 is 0.994. The Bertz CT molecular complexity index is 966. The Morgan fingerprint density at radius 1 is 0.926 bits per heavy atom. The van der Waals surface area contributed by atoms with Crippen molar-refractivity contribution >= 4 is 62.8 Å². The molecule has 0 bridgehead atoms. The molecular formula is C22H15BrCl2OS. The Hall–Kier alpha value is -1.52. The fourth-order valence-electron chi connectivity index (χ4n) is 2.40. The molecule has 0 unspecified atom stereocenters. The molecular weight excluding hydrogens is 463 g/mol. The zero-order chi connectivity index (χ0) is 19.2. The molecule has 0 heterocycles. The van der Waals surface area contributed by atoms with Gasteiger partial charge in [-0.1, -0.05) is 69.5 Å². The molecule has 1 nitrogen and oxygen atoms in total. The molecule has 0 aliphatic rings. The summed E-state index contributed by atoms with van der Waals surface area (Å²) in [4.78, 5) is 13.7. The molecule has 3 aromatic rings. The van der Waals surface area contributed by atoms with Crippen molar-refractivity contribution in [2.75, 3.05) is 0 Å². The van der Waals surface area contributed by atoms with E-state index in [4.69, 9.17) is 23.2 Å². The zero-order valence-electron chi connectivity index (χ0n) is 14.2. The van der Waals surface area contributed by atoms with E-state index in [0.29, 0.717) is 26.3 Å². The number of carbonyl (C=O) groups is 1. The summed E-state index contributed by atoms with van der Waals surface area (Å²) in [6.45, 7) is 0. The van der Waals surface area contributed by atoms with Crippen LogP contribution in [0.2, 0.25) is 10.0 Å². The van der Waals surface area contributed by atoms with Crippen LogP contribution >= 0.6 is 50.9 Å². The third-order valence-electron chi connectivity index (χ3n) is 3.84. The molecule has 136 valence electrons. The highest BCUT2D eigenvalue weighted by Gasteiger charge is 2.14. The van der Waals surface area contributed by atoms with Gasteiger partial charge in [-0.25, -0.2) is 0 Å². The van der Waals surface area contributed by atoms with Crippen molar-refractivity contribution in [2.45, 2.75) is 5.75 Å². The Morgan fingerprint density at radius 3 is 2.26 bits per heavy atom. The maximum Gasteiger partial charge on any atom is 0.199 e. The van der Waals surface area contributed by atoms with Gasteiger partial charge in [0, 0.05) is 25.8 Å². The highest BCUT2D eigenvalue weighted by atomic mass is 79.9. The van der Waals surface area contributed by atoms with E-state index in [1.807, 2.05) is 54.6 Å². The molecule has 27 heavy (non-hydrogen) atoms. The number of hydrogen-bond acceptors (Lipinski definition) is 2. The number of benzene rings is 3. The first-order valence-corrected chi connectivity index (χ1v) is 10.7. The number of rotatable bonds is 6. The molecule has 0 amide bonds. The first-order valence-electron chi connectivity index (χ1n) is 8.16. The minimum Gasteiger partial charge on any atom is -0.288 e. The SMILES string of the molecule is O=C(/C(=C/c1ccc(Br)cc1)SCc1ccccc1Cl)c1ccc(Cl)cc1. The third-order valence-corrected chi connectivity index (χ3v) is 6.06. The molecule has 0 fully saturated rings.